The van der Waals surface area contributed by atoms with Crippen LogP contribution < -0.4 is 4.90 Å². The summed E-state index contributed by atoms with van der Waals surface area (Å²) in [5, 5.41) is 6.89. The Bertz CT molecular complexity index is 616. The number of nitrogens with zero attached hydrogens (tertiary/aromatic N) is 3. The number of fused-ring (bicyclic) bond motifs is 1. The molecule has 1 aromatic rings. The molecule has 2 aliphatic heterocycles. The van der Waals surface area contributed by atoms with E-state index in [1.54, 1.807) is 0 Å². The smallest absolute Gasteiger partial charge is 0.290 e. The van der Waals surface area contributed by atoms with Crippen molar-refractivity contribution in [2.24, 2.45) is 11.8 Å². The lowest BCUT2D eigenvalue weighted by Gasteiger charge is -2.24. The van der Waals surface area contributed by atoms with Crippen molar-refractivity contribution < 1.29 is 14.7 Å². The normalized spacial score (nSPS) is 22.3. The number of pyridine rings is 1. The Kier molecular flexibility index (Phi) is 6.56. The van der Waals surface area contributed by atoms with Gasteiger partial charge >= 0.3 is 0 Å². The first-order chi connectivity index (χ1) is 12.0. The highest BCUT2D eigenvalue weighted by Gasteiger charge is 2.36. The number of aromatic nitrogens is 1. The maximum absolute atomic E-state index is 12.1. The highest BCUT2D eigenvalue weighted by Crippen LogP contribution is 2.33. The Hall–Kier alpha value is -2.37. The first kappa shape index (κ1) is 19.0. The van der Waals surface area contributed by atoms with Crippen molar-refractivity contribution in [3.05, 3.63) is 36.2 Å². The molecule has 136 valence electrons. The van der Waals surface area contributed by atoms with Crippen molar-refractivity contribution in [3.8, 4) is 0 Å². The van der Waals surface area contributed by atoms with Gasteiger partial charge in [-0.3, -0.25) is 14.6 Å². The van der Waals surface area contributed by atoms with Gasteiger partial charge in [0, 0.05) is 49.3 Å². The molecule has 2 aliphatic rings. The monoisotopic (exact) mass is 345 g/mol. The minimum Gasteiger partial charge on any atom is -0.483 e. The van der Waals surface area contributed by atoms with E-state index < -0.39 is 0 Å². The molecule has 0 aliphatic carbocycles. The molecule has 1 N–H and O–H groups in total. The molecule has 0 radical (unpaired) electrons. The molecule has 6 nitrogen and oxygen atoms in total. The molecule has 1 aromatic heterocycles. The van der Waals surface area contributed by atoms with E-state index in [0.717, 1.165) is 44.7 Å². The number of hydrogen-bond acceptors (Lipinski definition) is 4. The summed E-state index contributed by atoms with van der Waals surface area (Å²) in [6, 6.07) is 4.27. The largest absolute Gasteiger partial charge is 0.483 e. The number of hydrogen-bond donors (Lipinski definition) is 1. The summed E-state index contributed by atoms with van der Waals surface area (Å²) in [4.78, 5) is 29.2. The lowest BCUT2D eigenvalue weighted by atomic mass is 9.92. The molecule has 2 atom stereocenters. The van der Waals surface area contributed by atoms with E-state index in [1.807, 2.05) is 24.9 Å². The number of aryl methyl sites for hydroxylation is 1. The Balaban J connectivity index is 0.000000701. The van der Waals surface area contributed by atoms with Crippen LogP contribution in [0.25, 0.3) is 0 Å². The van der Waals surface area contributed by atoms with E-state index in [4.69, 9.17) is 9.90 Å². The lowest BCUT2D eigenvalue weighted by Crippen LogP contribution is -2.31. The van der Waals surface area contributed by atoms with Crippen molar-refractivity contribution in [2.45, 2.75) is 26.7 Å². The van der Waals surface area contributed by atoms with Crippen molar-refractivity contribution in [2.75, 3.05) is 31.1 Å². The Morgan fingerprint density at radius 2 is 1.88 bits per heavy atom. The maximum Gasteiger partial charge on any atom is 0.290 e. The number of carbonyl (C=O) groups excluding carboxylic acids is 1. The van der Waals surface area contributed by atoms with Gasteiger partial charge in [-0.2, -0.15) is 0 Å². The number of anilines is 1. The Morgan fingerprint density at radius 1 is 1.32 bits per heavy atom. The van der Waals surface area contributed by atoms with Crippen LogP contribution in [0.1, 0.15) is 25.5 Å². The van der Waals surface area contributed by atoms with Crippen LogP contribution in [-0.4, -0.2) is 53.5 Å². The third-order valence-corrected chi connectivity index (χ3v) is 5.01. The molecule has 0 bridgehead atoms. The van der Waals surface area contributed by atoms with Gasteiger partial charge in [0.05, 0.1) is 0 Å². The summed E-state index contributed by atoms with van der Waals surface area (Å²) >= 11 is 0. The van der Waals surface area contributed by atoms with Gasteiger partial charge in [0.2, 0.25) is 5.91 Å². The molecule has 3 rings (SSSR count). The van der Waals surface area contributed by atoms with Crippen LogP contribution in [0, 0.1) is 18.8 Å². The van der Waals surface area contributed by atoms with Gasteiger partial charge < -0.3 is 14.9 Å². The summed E-state index contributed by atoms with van der Waals surface area (Å²) in [5.41, 5.74) is 3.01. The number of carboxylic acid groups (broad SMARTS) is 1. The molecule has 6 heteroatoms. The molecular formula is C19H27N3O3. The standard InChI is InChI=1S/C18H25N3O.CH2O2/c1-13(2)18(22)21-11-15-5-8-20(9-6-16(15)12-21)17-4-7-19-14(3)10-17;2-1-3/h4,7,10,15-16H,1,5-6,8-9,11-12H2,2-3H3;1H,(H,2,3)/t15-,16+;. The van der Waals surface area contributed by atoms with Crippen molar-refractivity contribution in [3.63, 3.8) is 0 Å². The summed E-state index contributed by atoms with van der Waals surface area (Å²) in [6.45, 7) is 11.3. The Labute approximate surface area is 149 Å². The summed E-state index contributed by atoms with van der Waals surface area (Å²) in [6.07, 6.45) is 4.21. The van der Waals surface area contributed by atoms with Crippen LogP contribution in [0.5, 0.6) is 0 Å². The van der Waals surface area contributed by atoms with E-state index in [9.17, 15) is 4.79 Å². The van der Waals surface area contributed by atoms with Crippen LogP contribution in [-0.2, 0) is 9.59 Å². The minimum absolute atomic E-state index is 0.134. The zero-order valence-electron chi connectivity index (χ0n) is 15.0. The topological polar surface area (TPSA) is 73.7 Å². The van der Waals surface area contributed by atoms with Gasteiger partial charge in [-0.05, 0) is 50.7 Å². The third kappa shape index (κ3) is 4.81. The van der Waals surface area contributed by atoms with E-state index in [1.165, 1.54) is 5.69 Å². The fraction of sp³-hybridized carbons (Fsp3) is 0.526. The number of rotatable bonds is 2. The van der Waals surface area contributed by atoms with E-state index >= 15 is 0 Å². The van der Waals surface area contributed by atoms with Crippen LogP contribution in [0.2, 0.25) is 0 Å². The van der Waals surface area contributed by atoms with Crippen molar-refractivity contribution in [1.82, 2.24) is 9.88 Å². The van der Waals surface area contributed by atoms with Gasteiger partial charge in [-0.15, -0.1) is 0 Å². The SMILES string of the molecule is C=C(C)C(=O)N1C[C@H]2CCN(c3ccnc(C)c3)CC[C@H]2C1.O=CO. The predicted octanol–water partition coefficient (Wildman–Crippen LogP) is 2.34. The number of likely N-dealkylation sites (tertiary alicyclic amines) is 1. The number of carbonyl (C=O) groups is 2. The molecule has 1 amide bonds. The van der Waals surface area contributed by atoms with Crippen molar-refractivity contribution >= 4 is 18.1 Å². The third-order valence-electron chi connectivity index (χ3n) is 5.01. The lowest BCUT2D eigenvalue weighted by molar-refractivity contribution is -0.126. The average Bonchev–Trinajstić information content (AvgIpc) is 2.88. The minimum atomic E-state index is -0.250. The summed E-state index contributed by atoms with van der Waals surface area (Å²) in [5.74, 6) is 1.40. The first-order valence-electron chi connectivity index (χ1n) is 8.66. The molecule has 2 fully saturated rings. The molecule has 25 heavy (non-hydrogen) atoms. The van der Waals surface area contributed by atoms with Crippen LogP contribution >= 0.6 is 0 Å². The van der Waals surface area contributed by atoms with E-state index in [0.29, 0.717) is 17.4 Å². The quantitative estimate of drug-likeness (QED) is 0.658. The number of amides is 1. The molecule has 3 heterocycles. The molecular weight excluding hydrogens is 318 g/mol. The van der Waals surface area contributed by atoms with Gasteiger partial charge in [-0.25, -0.2) is 0 Å². The van der Waals surface area contributed by atoms with Crippen molar-refractivity contribution in [1.29, 1.82) is 0 Å². The second-order valence-electron chi connectivity index (χ2n) is 6.84. The zero-order valence-corrected chi connectivity index (χ0v) is 15.0. The predicted molar refractivity (Wildman–Crippen MR) is 97.5 cm³/mol. The van der Waals surface area contributed by atoms with Gasteiger partial charge in [-0.1, -0.05) is 6.58 Å². The summed E-state index contributed by atoms with van der Waals surface area (Å²) in [7, 11) is 0. The van der Waals surface area contributed by atoms with E-state index in [2.05, 4.69) is 28.6 Å². The molecule has 0 saturated carbocycles. The fourth-order valence-electron chi connectivity index (χ4n) is 3.77. The maximum atomic E-state index is 12.1. The molecule has 2 saturated heterocycles. The highest BCUT2D eigenvalue weighted by molar-refractivity contribution is 5.92. The fourth-order valence-corrected chi connectivity index (χ4v) is 3.77. The first-order valence-corrected chi connectivity index (χ1v) is 8.66. The Morgan fingerprint density at radius 3 is 2.36 bits per heavy atom. The summed E-state index contributed by atoms with van der Waals surface area (Å²) < 4.78 is 0. The van der Waals surface area contributed by atoms with E-state index in [-0.39, 0.29) is 12.4 Å². The van der Waals surface area contributed by atoms with Gasteiger partial charge in [0.25, 0.3) is 6.47 Å². The average molecular weight is 345 g/mol. The zero-order chi connectivity index (χ0) is 18.4. The van der Waals surface area contributed by atoms with Crippen LogP contribution in [0.15, 0.2) is 30.5 Å². The van der Waals surface area contributed by atoms with Crippen LogP contribution in [0.4, 0.5) is 5.69 Å². The van der Waals surface area contributed by atoms with Crippen LogP contribution in [0.3, 0.4) is 0 Å². The molecule has 0 unspecified atom stereocenters. The second-order valence-corrected chi connectivity index (χ2v) is 6.84. The highest BCUT2D eigenvalue weighted by atomic mass is 16.3. The second kappa shape index (κ2) is 8.65. The van der Waals surface area contributed by atoms with Gasteiger partial charge in [0.1, 0.15) is 0 Å². The van der Waals surface area contributed by atoms with Gasteiger partial charge in [0.15, 0.2) is 0 Å². The molecule has 0 spiro atoms. The molecule has 0 aromatic carbocycles.